The zero-order valence-electron chi connectivity index (χ0n) is 11.9. The summed E-state index contributed by atoms with van der Waals surface area (Å²) in [6.07, 6.45) is 1.94. The third-order valence-corrected chi connectivity index (χ3v) is 3.14. The summed E-state index contributed by atoms with van der Waals surface area (Å²) >= 11 is 0. The first kappa shape index (κ1) is 15.5. The van der Waals surface area contributed by atoms with Crippen LogP contribution in [-0.2, 0) is 20.9 Å². The molecule has 0 aliphatic carbocycles. The van der Waals surface area contributed by atoms with Crippen LogP contribution in [0.2, 0.25) is 0 Å². The van der Waals surface area contributed by atoms with E-state index in [2.05, 4.69) is 9.34 Å². The van der Waals surface area contributed by atoms with Gasteiger partial charge >= 0.3 is 0 Å². The van der Waals surface area contributed by atoms with Crippen molar-refractivity contribution in [3.05, 3.63) is 36.0 Å². The molecule has 2 rings (SSSR count). The van der Waals surface area contributed by atoms with Crippen LogP contribution in [-0.4, -0.2) is 26.4 Å². The maximum absolute atomic E-state index is 10.9. The van der Waals surface area contributed by atoms with Gasteiger partial charge in [0.25, 0.3) is 10.1 Å². The Morgan fingerprint density at radius 2 is 1.95 bits per heavy atom. The van der Waals surface area contributed by atoms with Crippen molar-refractivity contribution in [1.82, 2.24) is 5.16 Å². The summed E-state index contributed by atoms with van der Waals surface area (Å²) in [5, 5.41) is 3.77. The van der Waals surface area contributed by atoms with Crippen LogP contribution in [0.3, 0.4) is 0 Å². The van der Waals surface area contributed by atoms with Crippen molar-refractivity contribution in [3.8, 4) is 17.1 Å². The van der Waals surface area contributed by atoms with Gasteiger partial charge < -0.3 is 9.26 Å². The monoisotopic (exact) mass is 311 g/mol. The molecule has 114 valence electrons. The molecule has 1 aromatic carbocycles. The van der Waals surface area contributed by atoms with Gasteiger partial charge in [-0.05, 0) is 30.7 Å². The molecule has 0 amide bonds. The zero-order chi connectivity index (χ0) is 15.3. The SMILES string of the molecule is CCCOc1ccc(-c2cc(COS(C)(=O)=O)no2)cc1. The summed E-state index contributed by atoms with van der Waals surface area (Å²) in [6, 6.07) is 9.05. The van der Waals surface area contributed by atoms with E-state index in [4.69, 9.17) is 9.26 Å². The Balaban J connectivity index is 2.03. The lowest BCUT2D eigenvalue weighted by Gasteiger charge is -2.04. The second-order valence-electron chi connectivity index (χ2n) is 4.52. The number of aromatic nitrogens is 1. The summed E-state index contributed by atoms with van der Waals surface area (Å²) in [6.45, 7) is 2.58. The Morgan fingerprint density at radius 3 is 2.57 bits per heavy atom. The first-order valence-corrected chi connectivity index (χ1v) is 8.33. The minimum absolute atomic E-state index is 0.139. The highest BCUT2D eigenvalue weighted by molar-refractivity contribution is 7.85. The van der Waals surface area contributed by atoms with E-state index in [1.54, 1.807) is 6.07 Å². The smallest absolute Gasteiger partial charge is 0.264 e. The number of benzene rings is 1. The number of rotatable bonds is 7. The molecule has 0 bridgehead atoms. The quantitative estimate of drug-likeness (QED) is 0.731. The Bertz CT molecular complexity index is 676. The second kappa shape index (κ2) is 6.73. The van der Waals surface area contributed by atoms with Crippen molar-refractivity contribution in [3.63, 3.8) is 0 Å². The van der Waals surface area contributed by atoms with E-state index in [0.717, 1.165) is 24.0 Å². The van der Waals surface area contributed by atoms with Crippen molar-refractivity contribution in [1.29, 1.82) is 0 Å². The molecule has 6 nitrogen and oxygen atoms in total. The molecule has 1 aromatic heterocycles. The van der Waals surface area contributed by atoms with Gasteiger partial charge in [0, 0.05) is 11.6 Å². The highest BCUT2D eigenvalue weighted by atomic mass is 32.2. The predicted molar refractivity (Wildman–Crippen MR) is 77.4 cm³/mol. The van der Waals surface area contributed by atoms with E-state index < -0.39 is 10.1 Å². The molecule has 0 atom stereocenters. The fourth-order valence-electron chi connectivity index (χ4n) is 1.62. The van der Waals surface area contributed by atoms with E-state index in [-0.39, 0.29) is 6.61 Å². The van der Waals surface area contributed by atoms with Crippen LogP contribution in [0.25, 0.3) is 11.3 Å². The van der Waals surface area contributed by atoms with Gasteiger partial charge in [-0.3, -0.25) is 4.18 Å². The minimum Gasteiger partial charge on any atom is -0.494 e. The van der Waals surface area contributed by atoms with Crippen molar-refractivity contribution < 1.29 is 21.9 Å². The lowest BCUT2D eigenvalue weighted by molar-refractivity contribution is 0.296. The van der Waals surface area contributed by atoms with Gasteiger partial charge in [-0.25, -0.2) is 0 Å². The molecule has 2 aromatic rings. The maximum Gasteiger partial charge on any atom is 0.264 e. The third-order valence-electron chi connectivity index (χ3n) is 2.59. The maximum atomic E-state index is 10.9. The van der Waals surface area contributed by atoms with Crippen LogP contribution in [0.5, 0.6) is 5.75 Å². The molecular formula is C14H17NO5S. The van der Waals surface area contributed by atoms with Gasteiger partial charge in [0.15, 0.2) is 5.76 Å². The summed E-state index contributed by atoms with van der Waals surface area (Å²) in [5.41, 5.74) is 1.25. The van der Waals surface area contributed by atoms with Crippen molar-refractivity contribution in [2.45, 2.75) is 20.0 Å². The van der Waals surface area contributed by atoms with Gasteiger partial charge in [0.1, 0.15) is 18.1 Å². The van der Waals surface area contributed by atoms with E-state index in [1.165, 1.54) is 0 Å². The molecule has 1 heterocycles. The Morgan fingerprint density at radius 1 is 1.24 bits per heavy atom. The van der Waals surface area contributed by atoms with Crippen molar-refractivity contribution in [2.24, 2.45) is 0 Å². The van der Waals surface area contributed by atoms with E-state index in [9.17, 15) is 8.42 Å². The lowest BCUT2D eigenvalue weighted by Crippen LogP contribution is -2.02. The third kappa shape index (κ3) is 4.87. The number of ether oxygens (including phenoxy) is 1. The highest BCUT2D eigenvalue weighted by Gasteiger charge is 2.10. The molecule has 0 spiro atoms. The first-order valence-electron chi connectivity index (χ1n) is 6.51. The van der Waals surface area contributed by atoms with E-state index in [0.29, 0.717) is 18.1 Å². The van der Waals surface area contributed by atoms with Crippen molar-refractivity contribution >= 4 is 10.1 Å². The number of hydrogen-bond donors (Lipinski definition) is 0. The van der Waals surface area contributed by atoms with Gasteiger partial charge in [-0.15, -0.1) is 0 Å². The van der Waals surface area contributed by atoms with E-state index in [1.807, 2.05) is 31.2 Å². The summed E-state index contributed by atoms with van der Waals surface area (Å²) in [7, 11) is -3.49. The van der Waals surface area contributed by atoms with Crippen molar-refractivity contribution in [2.75, 3.05) is 12.9 Å². The zero-order valence-corrected chi connectivity index (χ0v) is 12.7. The summed E-state index contributed by atoms with van der Waals surface area (Å²) in [5.74, 6) is 1.34. The molecule has 0 aliphatic heterocycles. The fourth-order valence-corrected chi connectivity index (χ4v) is 1.95. The molecule has 0 radical (unpaired) electrons. The molecule has 0 fully saturated rings. The molecule has 0 N–H and O–H groups in total. The lowest BCUT2D eigenvalue weighted by atomic mass is 10.1. The van der Waals surface area contributed by atoms with Gasteiger partial charge in [0.05, 0.1) is 12.9 Å². The second-order valence-corrected chi connectivity index (χ2v) is 6.17. The topological polar surface area (TPSA) is 78.6 Å². The molecule has 0 unspecified atom stereocenters. The van der Waals surface area contributed by atoms with Gasteiger partial charge in [-0.2, -0.15) is 8.42 Å². The predicted octanol–water partition coefficient (Wildman–Crippen LogP) is 2.61. The van der Waals surface area contributed by atoms with Crippen LogP contribution < -0.4 is 4.74 Å². The number of nitrogens with zero attached hydrogens (tertiary/aromatic N) is 1. The van der Waals surface area contributed by atoms with Crippen LogP contribution in [0, 0.1) is 0 Å². The molecule has 7 heteroatoms. The fraction of sp³-hybridized carbons (Fsp3) is 0.357. The van der Waals surface area contributed by atoms with Crippen LogP contribution in [0.4, 0.5) is 0 Å². The number of hydrogen-bond acceptors (Lipinski definition) is 6. The average molecular weight is 311 g/mol. The van der Waals surface area contributed by atoms with Crippen LogP contribution in [0.15, 0.2) is 34.9 Å². The Labute approximate surface area is 123 Å². The normalized spacial score (nSPS) is 11.5. The Kier molecular flexibility index (Phi) is 4.98. The van der Waals surface area contributed by atoms with Gasteiger partial charge in [-0.1, -0.05) is 12.1 Å². The molecule has 21 heavy (non-hydrogen) atoms. The summed E-state index contributed by atoms with van der Waals surface area (Å²) in [4.78, 5) is 0. The molecule has 0 saturated carbocycles. The van der Waals surface area contributed by atoms with Crippen LogP contribution >= 0.6 is 0 Å². The molecular weight excluding hydrogens is 294 g/mol. The van der Waals surface area contributed by atoms with Crippen LogP contribution in [0.1, 0.15) is 19.0 Å². The first-order chi connectivity index (χ1) is 9.98. The summed E-state index contributed by atoms with van der Waals surface area (Å²) < 4.78 is 37.1. The molecule has 0 aliphatic rings. The van der Waals surface area contributed by atoms with E-state index >= 15 is 0 Å². The minimum atomic E-state index is -3.49. The highest BCUT2D eigenvalue weighted by Crippen LogP contribution is 2.23. The average Bonchev–Trinajstić information content (AvgIpc) is 2.92. The largest absolute Gasteiger partial charge is 0.494 e. The Hall–Kier alpha value is -1.86. The standard InChI is InChI=1S/C14H17NO5S/c1-3-8-18-13-6-4-11(5-7-13)14-9-12(15-20-14)10-19-21(2,16)17/h4-7,9H,3,8,10H2,1-2H3. The molecule has 0 saturated heterocycles. The van der Waals surface area contributed by atoms with Gasteiger partial charge in [0.2, 0.25) is 0 Å².